The third kappa shape index (κ3) is 1.87. The molecule has 1 rings (SSSR count). The van der Waals surface area contributed by atoms with Gasteiger partial charge in [0.25, 0.3) is 0 Å². The Bertz CT molecular complexity index is 146. The lowest BCUT2D eigenvalue weighted by molar-refractivity contribution is 0.294. The van der Waals surface area contributed by atoms with Crippen LogP contribution in [0.3, 0.4) is 0 Å². The molecule has 1 aliphatic rings. The van der Waals surface area contributed by atoms with Crippen molar-refractivity contribution in [2.24, 2.45) is 0 Å². The first-order valence-corrected chi connectivity index (χ1v) is 7.62. The molecule has 0 N–H and O–H groups in total. The first kappa shape index (κ1) is 7.86. The third-order valence-electron chi connectivity index (χ3n) is 1.78. The molecule has 1 saturated heterocycles. The normalized spacial score (nSPS) is 19.1. The van der Waals surface area contributed by atoms with E-state index >= 15 is 0 Å². The summed E-state index contributed by atoms with van der Waals surface area (Å²) in [4.78, 5) is 2.42. The molecule has 0 aromatic heterocycles. The summed E-state index contributed by atoms with van der Waals surface area (Å²) >= 11 is 0. The molecule has 1 nitrogen and oxygen atoms in total. The van der Waals surface area contributed by atoms with Crippen molar-refractivity contribution in [1.82, 2.24) is 4.90 Å². The molecular formula is C8H17NSi. The predicted molar refractivity (Wildman–Crippen MR) is 48.7 cm³/mol. The molecule has 1 fully saturated rings. The van der Waals surface area contributed by atoms with Crippen LogP contribution < -0.4 is 0 Å². The highest BCUT2D eigenvalue weighted by atomic mass is 28.3. The Kier molecular flexibility index (Phi) is 1.90. The number of hydrogen-bond acceptors (Lipinski definition) is 1. The van der Waals surface area contributed by atoms with E-state index in [4.69, 9.17) is 0 Å². The van der Waals surface area contributed by atoms with Gasteiger partial charge in [-0.3, -0.25) is 0 Å². The van der Waals surface area contributed by atoms with E-state index in [2.05, 4.69) is 31.1 Å². The van der Waals surface area contributed by atoms with Crippen LogP contribution in [0.25, 0.3) is 0 Å². The van der Waals surface area contributed by atoms with E-state index in [0.717, 1.165) is 0 Å². The zero-order valence-corrected chi connectivity index (χ0v) is 8.28. The highest BCUT2D eigenvalue weighted by molar-refractivity contribution is 6.76. The number of likely N-dealkylation sites (tertiary alicyclic amines) is 1. The van der Waals surface area contributed by atoms with Crippen LogP contribution >= 0.6 is 0 Å². The van der Waals surface area contributed by atoms with E-state index in [-0.39, 0.29) is 0 Å². The molecular weight excluding hydrogens is 138 g/mol. The Hall–Kier alpha value is -0.243. The summed E-state index contributed by atoms with van der Waals surface area (Å²) in [6.07, 6.45) is 2.52. The standard InChI is InChI=1S/C8H17NSi/c1-8-5-6-9(8)7-10(2,3)4/h1,5-7H2,2-4H3. The zero-order chi connectivity index (χ0) is 7.78. The fraction of sp³-hybridized carbons (Fsp3) is 0.750. The molecule has 0 aromatic carbocycles. The second kappa shape index (κ2) is 2.42. The second-order valence-corrected chi connectivity index (χ2v) is 9.74. The van der Waals surface area contributed by atoms with E-state index in [9.17, 15) is 0 Å². The van der Waals surface area contributed by atoms with Crippen molar-refractivity contribution in [3.8, 4) is 0 Å². The Morgan fingerprint density at radius 1 is 1.50 bits per heavy atom. The van der Waals surface area contributed by atoms with Gasteiger partial charge in [-0.1, -0.05) is 26.2 Å². The van der Waals surface area contributed by atoms with Crippen molar-refractivity contribution in [2.75, 3.05) is 12.7 Å². The first-order valence-electron chi connectivity index (χ1n) is 3.92. The number of nitrogens with zero attached hydrogens (tertiary/aromatic N) is 1. The zero-order valence-electron chi connectivity index (χ0n) is 7.28. The Labute approximate surface area is 64.7 Å². The molecule has 0 bridgehead atoms. The number of hydrogen-bond donors (Lipinski definition) is 0. The van der Waals surface area contributed by atoms with Gasteiger partial charge in [-0.2, -0.15) is 0 Å². The topological polar surface area (TPSA) is 3.24 Å². The average molecular weight is 155 g/mol. The van der Waals surface area contributed by atoms with Gasteiger partial charge in [0.2, 0.25) is 0 Å². The summed E-state index contributed by atoms with van der Waals surface area (Å²) in [5.74, 6) is 0. The Balaban J connectivity index is 2.32. The van der Waals surface area contributed by atoms with Crippen molar-refractivity contribution >= 4 is 8.07 Å². The lowest BCUT2D eigenvalue weighted by Gasteiger charge is -2.39. The Morgan fingerprint density at radius 2 is 2.10 bits per heavy atom. The Morgan fingerprint density at radius 3 is 2.20 bits per heavy atom. The van der Waals surface area contributed by atoms with Gasteiger partial charge in [-0.05, 0) is 0 Å². The molecule has 2 heteroatoms. The van der Waals surface area contributed by atoms with Gasteiger partial charge < -0.3 is 4.90 Å². The summed E-state index contributed by atoms with van der Waals surface area (Å²) in [7, 11) is -0.867. The first-order chi connectivity index (χ1) is 4.49. The summed E-state index contributed by atoms with van der Waals surface area (Å²) in [5, 5.41) is 0. The monoisotopic (exact) mass is 155 g/mol. The second-order valence-electron chi connectivity index (χ2n) is 4.30. The summed E-state index contributed by atoms with van der Waals surface area (Å²) < 4.78 is 0. The van der Waals surface area contributed by atoms with Crippen LogP contribution in [-0.4, -0.2) is 25.7 Å². The lowest BCUT2D eigenvalue weighted by atomic mass is 10.2. The predicted octanol–water partition coefficient (Wildman–Crippen LogP) is 2.08. The van der Waals surface area contributed by atoms with Gasteiger partial charge in [0.1, 0.15) is 0 Å². The van der Waals surface area contributed by atoms with E-state index in [1.165, 1.54) is 24.8 Å². The quantitative estimate of drug-likeness (QED) is 0.552. The molecule has 0 saturated carbocycles. The fourth-order valence-corrected chi connectivity index (χ4v) is 2.72. The largest absolute Gasteiger partial charge is 0.378 e. The highest BCUT2D eigenvalue weighted by Gasteiger charge is 2.24. The molecule has 1 aliphatic heterocycles. The number of rotatable bonds is 2. The molecule has 0 atom stereocenters. The van der Waals surface area contributed by atoms with Gasteiger partial charge in [0, 0.05) is 24.8 Å². The highest BCUT2D eigenvalue weighted by Crippen LogP contribution is 2.21. The van der Waals surface area contributed by atoms with Crippen LogP contribution in [0.2, 0.25) is 19.6 Å². The molecule has 0 radical (unpaired) electrons. The van der Waals surface area contributed by atoms with E-state index < -0.39 is 8.07 Å². The van der Waals surface area contributed by atoms with Crippen molar-refractivity contribution in [2.45, 2.75) is 26.1 Å². The SMILES string of the molecule is C=C1CCN1C[Si](C)(C)C. The van der Waals surface area contributed by atoms with Crippen LogP contribution in [0.1, 0.15) is 6.42 Å². The summed E-state index contributed by atoms with van der Waals surface area (Å²) in [6, 6.07) is 0. The maximum Gasteiger partial charge on any atom is 0.0665 e. The molecule has 0 aliphatic carbocycles. The van der Waals surface area contributed by atoms with Crippen LogP contribution in [0.4, 0.5) is 0 Å². The van der Waals surface area contributed by atoms with Crippen molar-refractivity contribution < 1.29 is 0 Å². The van der Waals surface area contributed by atoms with Gasteiger partial charge in [0.05, 0.1) is 8.07 Å². The van der Waals surface area contributed by atoms with E-state index in [1.54, 1.807) is 0 Å². The van der Waals surface area contributed by atoms with Crippen molar-refractivity contribution in [3.63, 3.8) is 0 Å². The van der Waals surface area contributed by atoms with Crippen LogP contribution in [0, 0.1) is 0 Å². The fourth-order valence-electron chi connectivity index (χ4n) is 1.19. The molecule has 58 valence electrons. The van der Waals surface area contributed by atoms with Crippen LogP contribution in [0.15, 0.2) is 12.3 Å². The lowest BCUT2D eigenvalue weighted by Crippen LogP contribution is -2.45. The summed E-state index contributed by atoms with van der Waals surface area (Å²) in [6.45, 7) is 12.4. The molecule has 0 amide bonds. The minimum atomic E-state index is -0.867. The van der Waals surface area contributed by atoms with Gasteiger partial charge >= 0.3 is 0 Å². The van der Waals surface area contributed by atoms with Crippen molar-refractivity contribution in [1.29, 1.82) is 0 Å². The molecule has 0 unspecified atom stereocenters. The smallest absolute Gasteiger partial charge is 0.0665 e. The van der Waals surface area contributed by atoms with Gasteiger partial charge in [-0.25, -0.2) is 0 Å². The maximum absolute atomic E-state index is 3.97. The average Bonchev–Trinajstić information content (AvgIpc) is 1.78. The minimum absolute atomic E-state index is 0.867. The summed E-state index contributed by atoms with van der Waals surface area (Å²) in [5.41, 5.74) is 1.35. The molecule has 10 heavy (non-hydrogen) atoms. The maximum atomic E-state index is 3.97. The molecule has 0 aromatic rings. The van der Waals surface area contributed by atoms with Gasteiger partial charge in [-0.15, -0.1) is 0 Å². The van der Waals surface area contributed by atoms with Crippen LogP contribution in [-0.2, 0) is 0 Å². The third-order valence-corrected chi connectivity index (χ3v) is 3.11. The van der Waals surface area contributed by atoms with Gasteiger partial charge in [0.15, 0.2) is 0 Å². The van der Waals surface area contributed by atoms with Crippen LogP contribution in [0.5, 0.6) is 0 Å². The van der Waals surface area contributed by atoms with E-state index in [0.29, 0.717) is 0 Å². The molecule has 1 heterocycles. The molecule has 0 spiro atoms. The van der Waals surface area contributed by atoms with Crippen molar-refractivity contribution in [3.05, 3.63) is 12.3 Å². The minimum Gasteiger partial charge on any atom is -0.378 e. The van der Waals surface area contributed by atoms with E-state index in [1.807, 2.05) is 0 Å².